The number of carbonyl (C=O) groups excluding carboxylic acids is 1. The molecule has 0 bridgehead atoms. The molecule has 16 heavy (non-hydrogen) atoms. The standard InChI is InChI=1S/C8H3BrF5NO/c9-4-1-15-6(8(12,13)14)3(2-16)5(4)7(10)11/h1-2,7H. The van der Waals surface area contributed by atoms with Crippen LogP contribution < -0.4 is 0 Å². The minimum atomic E-state index is -4.94. The number of hydrogen-bond donors (Lipinski definition) is 0. The zero-order valence-electron chi connectivity index (χ0n) is 7.36. The molecule has 0 unspecified atom stereocenters. The lowest BCUT2D eigenvalue weighted by molar-refractivity contribution is -0.141. The highest BCUT2D eigenvalue weighted by Gasteiger charge is 2.38. The number of hydrogen-bond acceptors (Lipinski definition) is 2. The van der Waals surface area contributed by atoms with Gasteiger partial charge in [-0.2, -0.15) is 13.2 Å². The minimum Gasteiger partial charge on any atom is -0.298 e. The van der Waals surface area contributed by atoms with Crippen molar-refractivity contribution >= 4 is 22.2 Å². The van der Waals surface area contributed by atoms with Crippen LogP contribution >= 0.6 is 15.9 Å². The van der Waals surface area contributed by atoms with Gasteiger partial charge in [0.2, 0.25) is 0 Å². The first-order valence-corrected chi connectivity index (χ1v) is 4.57. The normalized spacial score (nSPS) is 11.9. The average Bonchev–Trinajstić information content (AvgIpc) is 2.14. The van der Waals surface area contributed by atoms with Crippen molar-refractivity contribution in [2.45, 2.75) is 12.6 Å². The SMILES string of the molecule is O=Cc1c(C(F)(F)F)ncc(Br)c1C(F)F. The molecule has 0 aliphatic carbocycles. The molecule has 0 saturated heterocycles. The molecule has 0 aliphatic heterocycles. The summed E-state index contributed by atoms with van der Waals surface area (Å²) < 4.78 is 61.6. The number of halogens is 6. The van der Waals surface area contributed by atoms with Crippen molar-refractivity contribution in [3.05, 3.63) is 27.5 Å². The summed E-state index contributed by atoms with van der Waals surface area (Å²) in [6.07, 6.45) is -7.82. The summed E-state index contributed by atoms with van der Waals surface area (Å²) in [4.78, 5) is 13.4. The van der Waals surface area contributed by atoms with Crippen LogP contribution in [0.5, 0.6) is 0 Å². The Hall–Kier alpha value is -1.05. The molecule has 0 N–H and O–H groups in total. The molecule has 0 atom stereocenters. The summed E-state index contributed by atoms with van der Waals surface area (Å²) in [7, 11) is 0. The molecule has 88 valence electrons. The van der Waals surface area contributed by atoms with Gasteiger partial charge in [-0.05, 0) is 15.9 Å². The highest BCUT2D eigenvalue weighted by Crippen LogP contribution is 2.37. The van der Waals surface area contributed by atoms with Crippen molar-refractivity contribution < 1.29 is 26.7 Å². The van der Waals surface area contributed by atoms with Crippen LogP contribution in [-0.2, 0) is 6.18 Å². The van der Waals surface area contributed by atoms with Gasteiger partial charge in [0.05, 0.1) is 5.56 Å². The smallest absolute Gasteiger partial charge is 0.298 e. The van der Waals surface area contributed by atoms with Gasteiger partial charge < -0.3 is 0 Å². The molecule has 2 nitrogen and oxygen atoms in total. The van der Waals surface area contributed by atoms with Crippen molar-refractivity contribution in [1.82, 2.24) is 4.98 Å². The predicted octanol–water partition coefficient (Wildman–Crippen LogP) is 3.61. The van der Waals surface area contributed by atoms with Crippen LogP contribution in [0.3, 0.4) is 0 Å². The summed E-state index contributed by atoms with van der Waals surface area (Å²) in [6, 6.07) is 0. The van der Waals surface area contributed by atoms with E-state index in [1.54, 1.807) is 0 Å². The fraction of sp³-hybridized carbons (Fsp3) is 0.250. The molecule has 0 fully saturated rings. The number of carbonyl (C=O) groups is 1. The van der Waals surface area contributed by atoms with E-state index in [2.05, 4.69) is 20.9 Å². The molecular weight excluding hydrogens is 301 g/mol. The van der Waals surface area contributed by atoms with E-state index in [0.29, 0.717) is 6.20 Å². The zero-order valence-corrected chi connectivity index (χ0v) is 8.94. The fourth-order valence-corrected chi connectivity index (χ4v) is 1.57. The second-order valence-electron chi connectivity index (χ2n) is 2.70. The molecule has 1 rings (SSSR count). The Morgan fingerprint density at radius 1 is 1.38 bits per heavy atom. The highest BCUT2D eigenvalue weighted by molar-refractivity contribution is 9.10. The third-order valence-electron chi connectivity index (χ3n) is 1.71. The molecule has 8 heteroatoms. The van der Waals surface area contributed by atoms with Crippen LogP contribution in [0.25, 0.3) is 0 Å². The Morgan fingerprint density at radius 3 is 2.31 bits per heavy atom. The van der Waals surface area contributed by atoms with Gasteiger partial charge in [-0.3, -0.25) is 4.79 Å². The molecule has 0 aromatic carbocycles. The Balaban J connectivity index is 3.56. The van der Waals surface area contributed by atoms with E-state index in [-0.39, 0.29) is 10.8 Å². The molecule has 0 saturated carbocycles. The molecular formula is C8H3BrF5NO. The van der Waals surface area contributed by atoms with Crippen molar-refractivity contribution in [3.63, 3.8) is 0 Å². The first kappa shape index (κ1) is 13.0. The predicted molar refractivity (Wildman–Crippen MR) is 47.3 cm³/mol. The van der Waals surface area contributed by atoms with Gasteiger partial charge in [-0.1, -0.05) is 0 Å². The van der Waals surface area contributed by atoms with Gasteiger partial charge in [-0.15, -0.1) is 0 Å². The molecule has 0 aliphatic rings. The van der Waals surface area contributed by atoms with Gasteiger partial charge >= 0.3 is 6.18 Å². The highest BCUT2D eigenvalue weighted by atomic mass is 79.9. The van der Waals surface area contributed by atoms with Crippen LogP contribution in [0, 0.1) is 0 Å². The maximum atomic E-state index is 12.5. The van der Waals surface area contributed by atoms with Gasteiger partial charge in [0.1, 0.15) is 0 Å². The van der Waals surface area contributed by atoms with Crippen molar-refractivity contribution in [2.75, 3.05) is 0 Å². The number of nitrogens with zero attached hydrogens (tertiary/aromatic N) is 1. The van der Waals surface area contributed by atoms with Crippen molar-refractivity contribution in [3.8, 4) is 0 Å². The van der Waals surface area contributed by atoms with Gasteiger partial charge in [0, 0.05) is 16.2 Å². The lowest BCUT2D eigenvalue weighted by Gasteiger charge is -2.12. The van der Waals surface area contributed by atoms with Gasteiger partial charge in [-0.25, -0.2) is 13.8 Å². The lowest BCUT2D eigenvalue weighted by atomic mass is 10.1. The van der Waals surface area contributed by atoms with E-state index in [0.717, 1.165) is 0 Å². The first-order valence-electron chi connectivity index (χ1n) is 3.78. The van der Waals surface area contributed by atoms with Crippen LogP contribution in [0.15, 0.2) is 10.7 Å². The lowest BCUT2D eigenvalue weighted by Crippen LogP contribution is -2.14. The van der Waals surface area contributed by atoms with E-state index in [1.807, 2.05) is 0 Å². The summed E-state index contributed by atoms with van der Waals surface area (Å²) in [5.74, 6) is 0. The quantitative estimate of drug-likeness (QED) is 0.617. The van der Waals surface area contributed by atoms with E-state index in [1.165, 1.54) is 0 Å². The average molecular weight is 304 g/mol. The van der Waals surface area contributed by atoms with E-state index in [4.69, 9.17) is 0 Å². The van der Waals surface area contributed by atoms with Crippen molar-refractivity contribution in [1.29, 1.82) is 0 Å². The maximum Gasteiger partial charge on any atom is 0.434 e. The zero-order chi connectivity index (χ0) is 12.5. The van der Waals surface area contributed by atoms with Crippen LogP contribution in [-0.4, -0.2) is 11.3 Å². The second-order valence-corrected chi connectivity index (χ2v) is 3.55. The Morgan fingerprint density at radius 2 is 1.94 bits per heavy atom. The maximum absolute atomic E-state index is 12.5. The molecule has 1 aromatic rings. The topological polar surface area (TPSA) is 30.0 Å². The van der Waals surface area contributed by atoms with Crippen LogP contribution in [0.4, 0.5) is 22.0 Å². The Labute approximate surface area is 94.6 Å². The van der Waals surface area contributed by atoms with E-state index >= 15 is 0 Å². The van der Waals surface area contributed by atoms with E-state index < -0.39 is 29.4 Å². The minimum absolute atomic E-state index is 0.276. The molecule has 0 amide bonds. The molecule has 1 aromatic heterocycles. The number of aldehydes is 1. The summed E-state index contributed by atoms with van der Waals surface area (Å²) >= 11 is 2.62. The third-order valence-corrected chi connectivity index (χ3v) is 2.35. The van der Waals surface area contributed by atoms with Crippen LogP contribution in [0.2, 0.25) is 0 Å². The van der Waals surface area contributed by atoms with Crippen LogP contribution in [0.1, 0.15) is 28.0 Å². The molecule has 0 radical (unpaired) electrons. The van der Waals surface area contributed by atoms with Gasteiger partial charge in [0.15, 0.2) is 12.0 Å². The number of aromatic nitrogens is 1. The third kappa shape index (κ3) is 2.37. The van der Waals surface area contributed by atoms with Crippen molar-refractivity contribution in [2.24, 2.45) is 0 Å². The van der Waals surface area contributed by atoms with E-state index in [9.17, 15) is 26.7 Å². The first-order chi connectivity index (χ1) is 7.29. The summed E-state index contributed by atoms with van der Waals surface area (Å²) in [6.45, 7) is 0. The van der Waals surface area contributed by atoms with Gasteiger partial charge in [0.25, 0.3) is 6.43 Å². The Kier molecular flexibility index (Phi) is 3.61. The molecule has 0 spiro atoms. The summed E-state index contributed by atoms with van der Waals surface area (Å²) in [5, 5.41) is 0. The Bertz CT molecular complexity index is 418. The number of pyridine rings is 1. The number of rotatable bonds is 2. The number of alkyl halides is 5. The fourth-order valence-electron chi connectivity index (χ4n) is 1.08. The monoisotopic (exact) mass is 303 g/mol. The second kappa shape index (κ2) is 4.44. The largest absolute Gasteiger partial charge is 0.434 e. The summed E-state index contributed by atoms with van der Waals surface area (Å²) in [5.41, 5.74) is -3.75. The molecule has 1 heterocycles.